The summed E-state index contributed by atoms with van der Waals surface area (Å²) in [6.07, 6.45) is 0. The number of carbonyl (C=O) groups excluding carboxylic acids is 2. The van der Waals surface area contributed by atoms with Gasteiger partial charge in [0, 0.05) is 25.2 Å². The van der Waals surface area contributed by atoms with Crippen molar-refractivity contribution in [1.82, 2.24) is 4.90 Å². The van der Waals surface area contributed by atoms with Gasteiger partial charge in [0.15, 0.2) is 0 Å². The number of hydrogen-bond acceptors (Lipinski definition) is 4. The molecule has 0 radical (unpaired) electrons. The largest absolute Gasteiger partial charge is 0.489 e. The zero-order valence-corrected chi connectivity index (χ0v) is 16.8. The van der Waals surface area contributed by atoms with E-state index in [-0.39, 0.29) is 18.4 Å². The number of hydrogen-bond donors (Lipinski definition) is 1. The summed E-state index contributed by atoms with van der Waals surface area (Å²) in [4.78, 5) is 26.4. The number of nitrogens with zero attached hydrogens (tertiary/aromatic N) is 2. The maximum Gasteiger partial charge on any atom is 0.255 e. The second kappa shape index (κ2) is 9.39. The van der Waals surface area contributed by atoms with Gasteiger partial charge in [-0.05, 0) is 42.5 Å². The SMILES string of the molecule is CN(C)C(=O)c1ccccc1NC(=O)c1ccc(OCc2ccccc2C#N)cc1. The molecule has 3 rings (SSSR count). The van der Waals surface area contributed by atoms with Crippen LogP contribution in [0.4, 0.5) is 5.69 Å². The van der Waals surface area contributed by atoms with Gasteiger partial charge in [-0.15, -0.1) is 0 Å². The van der Waals surface area contributed by atoms with Gasteiger partial charge in [-0.2, -0.15) is 5.26 Å². The Bertz CT molecular complexity index is 1100. The highest BCUT2D eigenvalue weighted by atomic mass is 16.5. The number of nitriles is 1. The molecule has 3 aromatic carbocycles. The van der Waals surface area contributed by atoms with Gasteiger partial charge < -0.3 is 15.0 Å². The zero-order chi connectivity index (χ0) is 21.5. The maximum atomic E-state index is 12.6. The average Bonchev–Trinajstić information content (AvgIpc) is 2.78. The standard InChI is InChI=1S/C24H21N3O3/c1-27(2)24(29)21-9-5-6-10-22(21)26-23(28)17-11-13-20(14-12-17)30-16-19-8-4-3-7-18(19)15-25/h3-14H,16H2,1-2H3,(H,26,28). The molecule has 0 fully saturated rings. The van der Waals surface area contributed by atoms with Crippen LogP contribution in [0.15, 0.2) is 72.8 Å². The molecule has 0 saturated carbocycles. The number of amides is 2. The lowest BCUT2D eigenvalue weighted by Crippen LogP contribution is -2.24. The van der Waals surface area contributed by atoms with Crippen molar-refractivity contribution in [1.29, 1.82) is 5.26 Å². The molecule has 0 unspecified atom stereocenters. The van der Waals surface area contributed by atoms with Crippen LogP contribution >= 0.6 is 0 Å². The van der Waals surface area contributed by atoms with Crippen molar-refractivity contribution in [3.63, 3.8) is 0 Å². The van der Waals surface area contributed by atoms with Gasteiger partial charge in [0.1, 0.15) is 12.4 Å². The molecule has 1 N–H and O–H groups in total. The minimum atomic E-state index is -0.324. The van der Waals surface area contributed by atoms with Gasteiger partial charge in [0.05, 0.1) is 22.9 Å². The smallest absolute Gasteiger partial charge is 0.255 e. The lowest BCUT2D eigenvalue weighted by molar-refractivity contribution is 0.0828. The second-order valence-electron chi connectivity index (χ2n) is 6.78. The highest BCUT2D eigenvalue weighted by Crippen LogP contribution is 2.20. The summed E-state index contributed by atoms with van der Waals surface area (Å²) < 4.78 is 5.73. The van der Waals surface area contributed by atoms with Gasteiger partial charge in [0.2, 0.25) is 0 Å². The summed E-state index contributed by atoms with van der Waals surface area (Å²) in [5, 5.41) is 11.9. The van der Waals surface area contributed by atoms with Crippen molar-refractivity contribution in [3.8, 4) is 11.8 Å². The molecule has 0 heterocycles. The van der Waals surface area contributed by atoms with Crippen LogP contribution in [0.2, 0.25) is 0 Å². The maximum absolute atomic E-state index is 12.6. The molecule has 0 spiro atoms. The van der Waals surface area contributed by atoms with Gasteiger partial charge >= 0.3 is 0 Å². The first-order valence-electron chi connectivity index (χ1n) is 9.32. The molecule has 0 aliphatic carbocycles. The first kappa shape index (κ1) is 20.6. The van der Waals surface area contributed by atoms with Crippen molar-refractivity contribution in [3.05, 3.63) is 95.1 Å². The monoisotopic (exact) mass is 399 g/mol. The van der Waals surface area contributed by atoms with E-state index in [2.05, 4.69) is 11.4 Å². The van der Waals surface area contributed by atoms with Gasteiger partial charge in [-0.3, -0.25) is 9.59 Å². The van der Waals surface area contributed by atoms with Crippen LogP contribution in [0.1, 0.15) is 31.8 Å². The fourth-order valence-electron chi connectivity index (χ4n) is 2.83. The first-order valence-corrected chi connectivity index (χ1v) is 9.32. The quantitative estimate of drug-likeness (QED) is 0.677. The predicted octanol–water partition coefficient (Wildman–Crippen LogP) is 4.09. The molecule has 150 valence electrons. The van der Waals surface area contributed by atoms with Crippen LogP contribution < -0.4 is 10.1 Å². The van der Waals surface area contributed by atoms with Gasteiger partial charge in [-0.1, -0.05) is 30.3 Å². The Morgan fingerprint density at radius 3 is 2.33 bits per heavy atom. The van der Waals surface area contributed by atoms with Crippen molar-refractivity contribution in [2.45, 2.75) is 6.61 Å². The van der Waals surface area contributed by atoms with Crippen molar-refractivity contribution >= 4 is 17.5 Å². The van der Waals surface area contributed by atoms with Crippen molar-refractivity contribution in [2.75, 3.05) is 19.4 Å². The average molecular weight is 399 g/mol. The number of benzene rings is 3. The fraction of sp³-hybridized carbons (Fsp3) is 0.125. The highest BCUT2D eigenvalue weighted by molar-refractivity contribution is 6.08. The number of carbonyl (C=O) groups is 2. The van der Waals surface area contributed by atoms with Crippen LogP contribution in [0.25, 0.3) is 0 Å². The van der Waals surface area contributed by atoms with Gasteiger partial charge in [-0.25, -0.2) is 0 Å². The fourth-order valence-corrected chi connectivity index (χ4v) is 2.83. The van der Waals surface area contributed by atoms with E-state index in [1.807, 2.05) is 12.1 Å². The van der Waals surface area contributed by atoms with Crippen LogP contribution in [0.3, 0.4) is 0 Å². The summed E-state index contributed by atoms with van der Waals surface area (Å²) in [7, 11) is 3.32. The molecule has 30 heavy (non-hydrogen) atoms. The Morgan fingerprint density at radius 1 is 0.967 bits per heavy atom. The normalized spacial score (nSPS) is 10.0. The molecule has 0 atom stereocenters. The molecule has 6 nitrogen and oxygen atoms in total. The first-order chi connectivity index (χ1) is 14.5. The van der Waals surface area contributed by atoms with Crippen LogP contribution in [-0.4, -0.2) is 30.8 Å². The van der Waals surface area contributed by atoms with E-state index in [4.69, 9.17) is 10.00 Å². The minimum Gasteiger partial charge on any atom is -0.489 e. The molecule has 0 aliphatic rings. The lowest BCUT2D eigenvalue weighted by atomic mass is 10.1. The van der Waals surface area contributed by atoms with E-state index < -0.39 is 0 Å². The molecular formula is C24H21N3O3. The summed E-state index contributed by atoms with van der Waals surface area (Å²) in [6.45, 7) is 0.259. The number of anilines is 1. The zero-order valence-electron chi connectivity index (χ0n) is 16.8. The third-order valence-corrected chi connectivity index (χ3v) is 4.46. The van der Waals surface area contributed by atoms with E-state index >= 15 is 0 Å². The topological polar surface area (TPSA) is 82.4 Å². The second-order valence-corrected chi connectivity index (χ2v) is 6.78. The predicted molar refractivity (Wildman–Crippen MR) is 114 cm³/mol. The van der Waals surface area contributed by atoms with E-state index in [0.717, 1.165) is 5.56 Å². The van der Waals surface area contributed by atoms with E-state index in [1.54, 1.807) is 74.8 Å². The molecule has 6 heteroatoms. The molecular weight excluding hydrogens is 378 g/mol. The van der Waals surface area contributed by atoms with Crippen molar-refractivity contribution < 1.29 is 14.3 Å². The van der Waals surface area contributed by atoms with E-state index in [0.29, 0.717) is 28.1 Å². The van der Waals surface area contributed by atoms with Gasteiger partial charge in [0.25, 0.3) is 11.8 Å². The molecule has 0 aromatic heterocycles. The van der Waals surface area contributed by atoms with Crippen LogP contribution in [0.5, 0.6) is 5.75 Å². The summed E-state index contributed by atoms with van der Waals surface area (Å²) in [6, 6.07) is 23.0. The van der Waals surface area contributed by atoms with Crippen LogP contribution in [-0.2, 0) is 6.61 Å². The van der Waals surface area contributed by atoms with E-state index in [9.17, 15) is 9.59 Å². The third kappa shape index (κ3) is 4.83. The number of ether oxygens (including phenoxy) is 1. The number of nitrogens with one attached hydrogen (secondary N) is 1. The van der Waals surface area contributed by atoms with Crippen molar-refractivity contribution in [2.24, 2.45) is 0 Å². The Labute approximate surface area is 175 Å². The molecule has 0 aliphatic heterocycles. The summed E-state index contributed by atoms with van der Waals surface area (Å²) in [5.41, 5.74) is 2.68. The Hall–Kier alpha value is -4.11. The summed E-state index contributed by atoms with van der Waals surface area (Å²) in [5.74, 6) is 0.0742. The highest BCUT2D eigenvalue weighted by Gasteiger charge is 2.15. The lowest BCUT2D eigenvalue weighted by Gasteiger charge is -2.15. The molecule has 0 bridgehead atoms. The third-order valence-electron chi connectivity index (χ3n) is 4.46. The Kier molecular flexibility index (Phi) is 6.46. The molecule has 3 aromatic rings. The van der Waals surface area contributed by atoms with Crippen LogP contribution in [0, 0.1) is 11.3 Å². The van der Waals surface area contributed by atoms with E-state index in [1.165, 1.54) is 4.90 Å². The molecule has 2 amide bonds. The molecule has 0 saturated heterocycles. The Morgan fingerprint density at radius 2 is 1.63 bits per heavy atom. The Balaban J connectivity index is 1.68. The number of rotatable bonds is 6. The summed E-state index contributed by atoms with van der Waals surface area (Å²) >= 11 is 0. The minimum absolute atomic E-state index is 0.188. The number of para-hydroxylation sites is 1.